The lowest BCUT2D eigenvalue weighted by molar-refractivity contribution is -0.137. The largest absolute Gasteiger partial charge is 0.417 e. The molecule has 5 heteroatoms. The van der Waals surface area contributed by atoms with Crippen molar-refractivity contribution < 1.29 is 18.4 Å². The molecule has 0 atom stereocenters. The summed E-state index contributed by atoms with van der Waals surface area (Å²) < 4.78 is 42.5. The van der Waals surface area contributed by atoms with Gasteiger partial charge in [-0.05, 0) is 81.7 Å². The van der Waals surface area contributed by atoms with Crippen molar-refractivity contribution in [3.8, 4) is 11.1 Å². The molecule has 0 spiro atoms. The van der Waals surface area contributed by atoms with Crippen molar-refractivity contribution >= 4 is 6.21 Å². The van der Waals surface area contributed by atoms with Crippen LogP contribution >= 0.6 is 0 Å². The molecule has 0 unspecified atom stereocenters. The maximum atomic E-state index is 14.2. The van der Waals surface area contributed by atoms with E-state index in [1.54, 1.807) is 24.3 Å². The van der Waals surface area contributed by atoms with Crippen LogP contribution in [0.2, 0.25) is 0 Å². The molecule has 0 saturated heterocycles. The molecule has 0 radical (unpaired) electrons. The Morgan fingerprint density at radius 3 is 2.07 bits per heavy atom. The zero-order chi connectivity index (χ0) is 21.6. The van der Waals surface area contributed by atoms with Crippen LogP contribution in [0.5, 0.6) is 0 Å². The second kappa shape index (κ2) is 7.19. The number of alkyl halides is 3. The van der Waals surface area contributed by atoms with Crippen molar-refractivity contribution in [3.05, 3.63) is 58.1 Å². The van der Waals surface area contributed by atoms with Gasteiger partial charge in [0.15, 0.2) is 0 Å². The van der Waals surface area contributed by atoms with Gasteiger partial charge in [-0.25, -0.2) is 0 Å². The Balaban J connectivity index is 2.40. The number of hydrogen-bond acceptors (Lipinski definition) is 2. The molecule has 156 valence electrons. The molecule has 1 N–H and O–H groups in total. The summed E-state index contributed by atoms with van der Waals surface area (Å²) in [4.78, 5) is 0. The Labute approximate surface area is 170 Å². The summed E-state index contributed by atoms with van der Waals surface area (Å²) in [6.45, 7) is 10.2. The monoisotopic (exact) mass is 403 g/mol. The molecule has 29 heavy (non-hydrogen) atoms. The van der Waals surface area contributed by atoms with E-state index in [4.69, 9.17) is 5.21 Å². The number of oxime groups is 1. The Kier molecular flexibility index (Phi) is 5.31. The molecule has 0 heterocycles. The lowest BCUT2D eigenvalue weighted by atomic mass is 9.62. The molecule has 0 saturated carbocycles. The third-order valence-corrected chi connectivity index (χ3v) is 6.31. The smallest absolute Gasteiger partial charge is 0.411 e. The van der Waals surface area contributed by atoms with Crippen molar-refractivity contribution in [2.45, 2.75) is 70.9 Å². The van der Waals surface area contributed by atoms with E-state index in [-0.39, 0.29) is 16.4 Å². The number of rotatable bonds is 3. The van der Waals surface area contributed by atoms with E-state index < -0.39 is 11.7 Å². The summed E-state index contributed by atoms with van der Waals surface area (Å²) >= 11 is 0. The molecule has 3 rings (SSSR count). The first-order valence-corrected chi connectivity index (χ1v) is 9.97. The highest BCUT2D eigenvalue weighted by atomic mass is 19.4. The van der Waals surface area contributed by atoms with Gasteiger partial charge in [-0.1, -0.05) is 51.9 Å². The molecule has 1 aliphatic rings. The van der Waals surface area contributed by atoms with Gasteiger partial charge in [-0.3, -0.25) is 0 Å². The summed E-state index contributed by atoms with van der Waals surface area (Å²) in [6.07, 6.45) is -0.840. The predicted molar refractivity (Wildman–Crippen MR) is 111 cm³/mol. The van der Waals surface area contributed by atoms with Crippen LogP contribution in [0.1, 0.15) is 75.3 Å². The van der Waals surface area contributed by atoms with E-state index in [1.807, 2.05) is 20.8 Å². The van der Waals surface area contributed by atoms with Gasteiger partial charge >= 0.3 is 6.18 Å². The quantitative estimate of drug-likeness (QED) is 0.331. The van der Waals surface area contributed by atoms with E-state index in [1.165, 1.54) is 12.3 Å². The normalized spacial score (nSPS) is 18.1. The van der Waals surface area contributed by atoms with Crippen LogP contribution in [0.15, 0.2) is 35.5 Å². The minimum atomic E-state index is -4.46. The summed E-state index contributed by atoms with van der Waals surface area (Å²) in [5, 5.41) is 11.9. The van der Waals surface area contributed by atoms with Crippen LogP contribution in [-0.2, 0) is 23.4 Å². The zero-order valence-electron chi connectivity index (χ0n) is 17.6. The highest BCUT2D eigenvalue weighted by Gasteiger charge is 2.42. The minimum Gasteiger partial charge on any atom is -0.411 e. The molecule has 0 bridgehead atoms. The van der Waals surface area contributed by atoms with Gasteiger partial charge in [-0.15, -0.1) is 0 Å². The zero-order valence-corrected chi connectivity index (χ0v) is 17.6. The second-order valence-corrected chi connectivity index (χ2v) is 9.22. The number of benzene rings is 2. The Hall–Kier alpha value is -2.30. The number of aryl methyl sites for hydroxylation is 1. The molecule has 0 aliphatic heterocycles. The minimum absolute atomic E-state index is 0.194. The van der Waals surface area contributed by atoms with Gasteiger partial charge < -0.3 is 5.21 Å². The molecular formula is C24H28F3NO. The average Bonchev–Trinajstić information content (AvgIpc) is 2.64. The lowest BCUT2D eigenvalue weighted by Gasteiger charge is -2.42. The number of fused-ring (bicyclic) bond motifs is 1. The van der Waals surface area contributed by atoms with Crippen molar-refractivity contribution in [1.82, 2.24) is 0 Å². The molecule has 2 aromatic rings. The third kappa shape index (κ3) is 3.92. The third-order valence-electron chi connectivity index (χ3n) is 6.31. The predicted octanol–water partition coefficient (Wildman–Crippen LogP) is 7.09. The maximum absolute atomic E-state index is 14.2. The topological polar surface area (TPSA) is 32.6 Å². The van der Waals surface area contributed by atoms with Crippen LogP contribution < -0.4 is 0 Å². The summed E-state index contributed by atoms with van der Waals surface area (Å²) in [6, 6.07) is 8.36. The fraction of sp³-hybridized carbons (Fsp3) is 0.458. The molecule has 2 nitrogen and oxygen atoms in total. The standard InChI is InChI=1S/C24H28F3NO/c1-6-16-8-7-15(14-28-29)11-17(16)18-12-20-21(13-19(18)24(25,26)27)23(4,5)10-9-22(20,2)3/h7-8,11-14,29H,6,9-10H2,1-5H3. The second-order valence-electron chi connectivity index (χ2n) is 9.22. The van der Waals surface area contributed by atoms with E-state index in [0.717, 1.165) is 29.5 Å². The summed E-state index contributed by atoms with van der Waals surface area (Å²) in [7, 11) is 0. The SMILES string of the molecule is CCc1ccc(C=NO)cc1-c1cc2c(cc1C(F)(F)F)C(C)(C)CCC2(C)C. The van der Waals surface area contributed by atoms with Crippen LogP contribution in [0, 0.1) is 0 Å². The summed E-state index contributed by atoms with van der Waals surface area (Å²) in [5.74, 6) is 0. The fourth-order valence-corrected chi connectivity index (χ4v) is 4.37. The van der Waals surface area contributed by atoms with Crippen LogP contribution in [0.3, 0.4) is 0 Å². The first kappa shape index (κ1) is 21.4. The molecule has 0 aromatic heterocycles. The van der Waals surface area contributed by atoms with E-state index >= 15 is 0 Å². The molecule has 2 aromatic carbocycles. The van der Waals surface area contributed by atoms with Gasteiger partial charge in [0.05, 0.1) is 11.8 Å². The van der Waals surface area contributed by atoms with Gasteiger partial charge in [0.25, 0.3) is 0 Å². The highest BCUT2D eigenvalue weighted by molar-refractivity contribution is 5.84. The van der Waals surface area contributed by atoms with Crippen molar-refractivity contribution in [2.75, 3.05) is 0 Å². The van der Waals surface area contributed by atoms with Gasteiger partial charge in [-0.2, -0.15) is 13.2 Å². The lowest BCUT2D eigenvalue weighted by Crippen LogP contribution is -2.34. The Morgan fingerprint density at radius 1 is 0.966 bits per heavy atom. The maximum Gasteiger partial charge on any atom is 0.417 e. The highest BCUT2D eigenvalue weighted by Crippen LogP contribution is 2.50. The van der Waals surface area contributed by atoms with Crippen LogP contribution in [0.4, 0.5) is 13.2 Å². The molecule has 1 aliphatic carbocycles. The Bertz CT molecular complexity index is 955. The number of nitrogens with zero attached hydrogens (tertiary/aromatic N) is 1. The molecule has 0 amide bonds. The molecule has 0 fully saturated rings. The average molecular weight is 403 g/mol. The first-order valence-electron chi connectivity index (χ1n) is 9.97. The van der Waals surface area contributed by atoms with Gasteiger partial charge in [0.1, 0.15) is 0 Å². The fourth-order valence-electron chi connectivity index (χ4n) is 4.37. The van der Waals surface area contributed by atoms with Crippen LogP contribution in [0.25, 0.3) is 11.1 Å². The van der Waals surface area contributed by atoms with Crippen molar-refractivity contribution in [1.29, 1.82) is 0 Å². The Morgan fingerprint density at radius 2 is 1.55 bits per heavy atom. The first-order chi connectivity index (χ1) is 13.4. The van der Waals surface area contributed by atoms with E-state index in [9.17, 15) is 13.2 Å². The van der Waals surface area contributed by atoms with E-state index in [0.29, 0.717) is 17.5 Å². The van der Waals surface area contributed by atoms with Crippen LogP contribution in [-0.4, -0.2) is 11.4 Å². The summed E-state index contributed by atoms with van der Waals surface area (Å²) in [5.41, 5.74) is 2.81. The number of halogens is 3. The molecular weight excluding hydrogens is 375 g/mol. The van der Waals surface area contributed by atoms with Crippen molar-refractivity contribution in [2.24, 2.45) is 5.16 Å². The number of hydrogen-bond donors (Lipinski definition) is 1. The van der Waals surface area contributed by atoms with E-state index in [2.05, 4.69) is 19.0 Å². The van der Waals surface area contributed by atoms with Gasteiger partial charge in [0, 0.05) is 0 Å². The van der Waals surface area contributed by atoms with Gasteiger partial charge in [0.2, 0.25) is 0 Å². The van der Waals surface area contributed by atoms with Crippen molar-refractivity contribution in [3.63, 3.8) is 0 Å².